The highest BCUT2D eigenvalue weighted by atomic mass is 15.3. The zero-order valence-electron chi connectivity index (χ0n) is 11.9. The van der Waals surface area contributed by atoms with E-state index in [1.807, 2.05) is 0 Å². The highest BCUT2D eigenvalue weighted by molar-refractivity contribution is 4.92. The molecule has 0 aromatic heterocycles. The lowest BCUT2D eigenvalue weighted by atomic mass is 9.98. The predicted octanol–water partition coefficient (Wildman–Crippen LogP) is 1.67. The fraction of sp³-hybridized carbons (Fsp3) is 1.00. The van der Waals surface area contributed by atoms with E-state index in [1.165, 1.54) is 58.0 Å². The van der Waals surface area contributed by atoms with Crippen LogP contribution in [-0.2, 0) is 0 Å². The molecular formula is C15H29N3. The zero-order valence-corrected chi connectivity index (χ0v) is 11.9. The van der Waals surface area contributed by atoms with Gasteiger partial charge in [-0.15, -0.1) is 0 Å². The highest BCUT2D eigenvalue weighted by Crippen LogP contribution is 2.30. The molecule has 2 bridgehead atoms. The summed E-state index contributed by atoms with van der Waals surface area (Å²) in [7, 11) is 2.32. The third-order valence-electron chi connectivity index (χ3n) is 5.71. The molecule has 18 heavy (non-hydrogen) atoms. The molecule has 2 aliphatic heterocycles. The normalized spacial score (nSPS) is 37.0. The predicted molar refractivity (Wildman–Crippen MR) is 75.6 cm³/mol. The minimum absolute atomic E-state index is 0.425. The maximum absolute atomic E-state index is 6.44. The van der Waals surface area contributed by atoms with E-state index in [1.54, 1.807) is 0 Å². The topological polar surface area (TPSA) is 32.5 Å². The van der Waals surface area contributed by atoms with Gasteiger partial charge in [0.2, 0.25) is 0 Å². The molecule has 3 atom stereocenters. The van der Waals surface area contributed by atoms with Gasteiger partial charge in [0, 0.05) is 31.2 Å². The van der Waals surface area contributed by atoms with E-state index in [9.17, 15) is 0 Å². The third kappa shape index (κ3) is 2.59. The molecule has 0 radical (unpaired) electrons. The molecule has 0 spiro atoms. The Morgan fingerprint density at radius 2 is 1.78 bits per heavy atom. The fourth-order valence-corrected chi connectivity index (χ4v) is 4.38. The van der Waals surface area contributed by atoms with Crippen LogP contribution >= 0.6 is 0 Å². The van der Waals surface area contributed by atoms with Crippen LogP contribution in [0.25, 0.3) is 0 Å². The number of likely N-dealkylation sites (N-methyl/N-ethyl adjacent to an activating group) is 1. The standard InChI is InChI=1S/C15H29N3/c1-17-13-6-7-14(17)10-18(9-8-13)11-15(16)12-4-2-3-5-12/h12-15H,2-11,16H2,1H3. The molecule has 0 aromatic carbocycles. The van der Waals surface area contributed by atoms with Gasteiger partial charge in [-0.25, -0.2) is 0 Å². The van der Waals surface area contributed by atoms with Crippen LogP contribution in [0.1, 0.15) is 44.9 Å². The SMILES string of the molecule is CN1C2CCC1CN(CC(N)C1CCCC1)CC2. The van der Waals surface area contributed by atoms with Gasteiger partial charge in [0.05, 0.1) is 0 Å². The summed E-state index contributed by atoms with van der Waals surface area (Å²) in [6, 6.07) is 2.07. The number of nitrogens with zero attached hydrogens (tertiary/aromatic N) is 2. The Hall–Kier alpha value is -0.120. The molecule has 0 amide bonds. The van der Waals surface area contributed by atoms with Crippen LogP contribution in [0.15, 0.2) is 0 Å². The fourth-order valence-electron chi connectivity index (χ4n) is 4.38. The molecule has 2 N–H and O–H groups in total. The first-order valence-electron chi connectivity index (χ1n) is 7.94. The molecule has 3 rings (SSSR count). The first-order chi connectivity index (χ1) is 8.74. The Morgan fingerprint density at radius 1 is 1.06 bits per heavy atom. The van der Waals surface area contributed by atoms with E-state index in [-0.39, 0.29) is 0 Å². The van der Waals surface area contributed by atoms with Crippen molar-refractivity contribution in [2.24, 2.45) is 11.7 Å². The van der Waals surface area contributed by atoms with Gasteiger partial charge in [-0.1, -0.05) is 12.8 Å². The van der Waals surface area contributed by atoms with Crippen LogP contribution in [-0.4, -0.2) is 54.6 Å². The van der Waals surface area contributed by atoms with E-state index in [4.69, 9.17) is 5.73 Å². The molecule has 3 nitrogen and oxygen atoms in total. The van der Waals surface area contributed by atoms with Gasteiger partial charge in [0.15, 0.2) is 0 Å². The van der Waals surface area contributed by atoms with Gasteiger partial charge in [-0.3, -0.25) is 4.90 Å². The van der Waals surface area contributed by atoms with Crippen molar-refractivity contribution in [3.63, 3.8) is 0 Å². The summed E-state index contributed by atoms with van der Waals surface area (Å²) in [4.78, 5) is 5.28. The summed E-state index contributed by atoms with van der Waals surface area (Å²) in [5, 5.41) is 0. The maximum Gasteiger partial charge on any atom is 0.0223 e. The Labute approximate surface area is 112 Å². The summed E-state index contributed by atoms with van der Waals surface area (Å²) in [5.41, 5.74) is 6.44. The van der Waals surface area contributed by atoms with Crippen molar-refractivity contribution in [2.75, 3.05) is 26.7 Å². The average Bonchev–Trinajstić information content (AvgIpc) is 2.93. The van der Waals surface area contributed by atoms with Gasteiger partial charge in [0.1, 0.15) is 0 Å². The largest absolute Gasteiger partial charge is 0.326 e. The smallest absolute Gasteiger partial charge is 0.0223 e. The van der Waals surface area contributed by atoms with Gasteiger partial charge in [0.25, 0.3) is 0 Å². The molecule has 2 saturated heterocycles. The van der Waals surface area contributed by atoms with Crippen LogP contribution < -0.4 is 5.73 Å². The van der Waals surface area contributed by atoms with E-state index in [0.717, 1.165) is 24.5 Å². The van der Waals surface area contributed by atoms with E-state index in [2.05, 4.69) is 16.8 Å². The Balaban J connectivity index is 1.53. The number of likely N-dealkylation sites (tertiary alicyclic amines) is 1. The van der Waals surface area contributed by atoms with Crippen molar-refractivity contribution in [1.29, 1.82) is 0 Å². The summed E-state index contributed by atoms with van der Waals surface area (Å²) >= 11 is 0. The van der Waals surface area contributed by atoms with Gasteiger partial charge < -0.3 is 10.6 Å². The maximum atomic E-state index is 6.44. The second kappa shape index (κ2) is 5.48. The van der Waals surface area contributed by atoms with E-state index < -0.39 is 0 Å². The van der Waals surface area contributed by atoms with Crippen molar-refractivity contribution in [1.82, 2.24) is 9.80 Å². The molecule has 3 aliphatic rings. The van der Waals surface area contributed by atoms with Crippen LogP contribution in [0, 0.1) is 5.92 Å². The first kappa shape index (κ1) is 12.9. The Morgan fingerprint density at radius 3 is 2.56 bits per heavy atom. The van der Waals surface area contributed by atoms with Crippen molar-refractivity contribution in [2.45, 2.75) is 63.1 Å². The monoisotopic (exact) mass is 251 g/mol. The molecule has 3 heteroatoms. The van der Waals surface area contributed by atoms with Crippen LogP contribution in [0.3, 0.4) is 0 Å². The number of hydrogen-bond donors (Lipinski definition) is 1. The first-order valence-corrected chi connectivity index (χ1v) is 7.94. The summed E-state index contributed by atoms with van der Waals surface area (Å²) in [5.74, 6) is 0.808. The molecular weight excluding hydrogens is 222 g/mol. The molecule has 1 aliphatic carbocycles. The minimum atomic E-state index is 0.425. The quantitative estimate of drug-likeness (QED) is 0.828. The lowest BCUT2D eigenvalue weighted by Crippen LogP contribution is -2.45. The second-order valence-electron chi connectivity index (χ2n) is 6.81. The summed E-state index contributed by atoms with van der Waals surface area (Å²) in [6.07, 6.45) is 9.74. The number of fused-ring (bicyclic) bond motifs is 2. The van der Waals surface area contributed by atoms with E-state index >= 15 is 0 Å². The molecule has 3 unspecified atom stereocenters. The minimum Gasteiger partial charge on any atom is -0.326 e. The lowest BCUT2D eigenvalue weighted by molar-refractivity contribution is 0.199. The van der Waals surface area contributed by atoms with Gasteiger partial charge in [-0.2, -0.15) is 0 Å². The summed E-state index contributed by atoms with van der Waals surface area (Å²) in [6.45, 7) is 3.67. The molecule has 0 aromatic rings. The highest BCUT2D eigenvalue weighted by Gasteiger charge is 2.35. The Kier molecular flexibility index (Phi) is 3.92. The molecule has 104 valence electrons. The number of hydrogen-bond acceptors (Lipinski definition) is 3. The molecule has 2 heterocycles. The molecule has 3 fully saturated rings. The zero-order chi connectivity index (χ0) is 12.5. The Bertz CT molecular complexity index is 275. The van der Waals surface area contributed by atoms with Crippen molar-refractivity contribution < 1.29 is 0 Å². The van der Waals surface area contributed by atoms with Crippen LogP contribution in [0.5, 0.6) is 0 Å². The number of nitrogens with two attached hydrogens (primary N) is 1. The van der Waals surface area contributed by atoms with E-state index in [0.29, 0.717) is 6.04 Å². The number of rotatable bonds is 3. The van der Waals surface area contributed by atoms with Crippen molar-refractivity contribution >= 4 is 0 Å². The molecule has 1 saturated carbocycles. The van der Waals surface area contributed by atoms with Crippen LogP contribution in [0.4, 0.5) is 0 Å². The second-order valence-corrected chi connectivity index (χ2v) is 6.81. The average molecular weight is 251 g/mol. The van der Waals surface area contributed by atoms with Gasteiger partial charge in [-0.05, 0) is 51.6 Å². The third-order valence-corrected chi connectivity index (χ3v) is 5.71. The van der Waals surface area contributed by atoms with Crippen molar-refractivity contribution in [3.8, 4) is 0 Å². The lowest BCUT2D eigenvalue weighted by Gasteiger charge is -2.30. The van der Waals surface area contributed by atoms with Crippen LogP contribution in [0.2, 0.25) is 0 Å². The summed E-state index contributed by atoms with van der Waals surface area (Å²) < 4.78 is 0. The van der Waals surface area contributed by atoms with Gasteiger partial charge >= 0.3 is 0 Å². The van der Waals surface area contributed by atoms with Crippen molar-refractivity contribution in [3.05, 3.63) is 0 Å².